The fraction of sp³-hybridized carbons (Fsp3) is 0.458. The molecule has 180 valence electrons. The molecule has 0 spiro atoms. The van der Waals surface area contributed by atoms with Crippen molar-refractivity contribution in [2.75, 3.05) is 22.1 Å². The summed E-state index contributed by atoms with van der Waals surface area (Å²) >= 11 is 0. The molecule has 1 aliphatic heterocycles. The van der Waals surface area contributed by atoms with E-state index >= 15 is 0 Å². The molecule has 2 aromatic heterocycles. The summed E-state index contributed by atoms with van der Waals surface area (Å²) in [6.07, 6.45) is -0.418. The molecule has 3 aromatic rings. The second kappa shape index (κ2) is 8.48. The molecule has 0 bridgehead atoms. The number of aromatic nitrogens is 4. The molecule has 0 saturated heterocycles. The molecule has 3 N–H and O–H groups in total. The normalized spacial score (nSPS) is 19.7. The van der Waals surface area contributed by atoms with Crippen LogP contribution in [0.5, 0.6) is 0 Å². The molecule has 3 heterocycles. The lowest BCUT2D eigenvalue weighted by molar-refractivity contribution is -0.137. The van der Waals surface area contributed by atoms with Crippen molar-refractivity contribution in [3.05, 3.63) is 58.7 Å². The van der Waals surface area contributed by atoms with Crippen LogP contribution in [0.25, 0.3) is 0 Å². The topological polar surface area (TPSA) is 81.8 Å². The Bertz CT molecular complexity index is 1170. The maximum absolute atomic E-state index is 13.0. The average Bonchev–Trinajstić information content (AvgIpc) is 3.40. The van der Waals surface area contributed by atoms with Gasteiger partial charge in [-0.25, -0.2) is 9.97 Å². The van der Waals surface area contributed by atoms with Gasteiger partial charge >= 0.3 is 6.18 Å². The Labute approximate surface area is 196 Å². The highest BCUT2D eigenvalue weighted by Gasteiger charge is 2.35. The number of aryl methyl sites for hydroxylation is 1. The minimum Gasteiger partial charge on any atom is -0.365 e. The zero-order valence-electron chi connectivity index (χ0n) is 19.4. The fourth-order valence-electron chi connectivity index (χ4n) is 4.94. The summed E-state index contributed by atoms with van der Waals surface area (Å²) in [6, 6.07) is 5.48. The molecular formula is C24H28F3N7. The SMILES string of the molecule is CCN1c2ncnc(NC3CCc4[nH]nc(C(C)C)c4C3)c2NC1c1ccc(C(F)(F)F)cc1. The van der Waals surface area contributed by atoms with Gasteiger partial charge in [0, 0.05) is 18.3 Å². The number of nitrogens with one attached hydrogen (secondary N) is 3. The molecule has 7 nitrogen and oxygen atoms in total. The van der Waals surface area contributed by atoms with E-state index in [0.29, 0.717) is 18.3 Å². The Morgan fingerprint density at radius 1 is 1.18 bits per heavy atom. The quantitative estimate of drug-likeness (QED) is 0.471. The lowest BCUT2D eigenvalue weighted by atomic mass is 9.89. The van der Waals surface area contributed by atoms with E-state index in [0.717, 1.165) is 54.2 Å². The largest absolute Gasteiger partial charge is 0.416 e. The lowest BCUT2D eigenvalue weighted by Gasteiger charge is -2.25. The average molecular weight is 472 g/mol. The van der Waals surface area contributed by atoms with Crippen molar-refractivity contribution >= 4 is 17.3 Å². The zero-order chi connectivity index (χ0) is 24.0. The third-order valence-corrected chi connectivity index (χ3v) is 6.65. The second-order valence-corrected chi connectivity index (χ2v) is 9.18. The number of aromatic amines is 1. The van der Waals surface area contributed by atoms with E-state index in [4.69, 9.17) is 0 Å². The highest BCUT2D eigenvalue weighted by atomic mass is 19.4. The van der Waals surface area contributed by atoms with Crippen LogP contribution in [0.15, 0.2) is 30.6 Å². The van der Waals surface area contributed by atoms with Crippen molar-refractivity contribution in [2.45, 2.75) is 64.3 Å². The molecule has 0 radical (unpaired) electrons. The highest BCUT2D eigenvalue weighted by molar-refractivity contribution is 5.82. The van der Waals surface area contributed by atoms with Crippen LogP contribution in [0.1, 0.15) is 67.4 Å². The van der Waals surface area contributed by atoms with Crippen LogP contribution in [-0.4, -0.2) is 32.8 Å². The van der Waals surface area contributed by atoms with Gasteiger partial charge in [0.15, 0.2) is 11.6 Å². The summed E-state index contributed by atoms with van der Waals surface area (Å²) in [6.45, 7) is 6.94. The van der Waals surface area contributed by atoms with E-state index in [9.17, 15) is 13.2 Å². The molecule has 1 aliphatic carbocycles. The molecule has 5 rings (SSSR count). The van der Waals surface area contributed by atoms with Gasteiger partial charge in [0.05, 0.1) is 11.3 Å². The van der Waals surface area contributed by atoms with Crippen LogP contribution in [0.4, 0.5) is 30.5 Å². The van der Waals surface area contributed by atoms with Gasteiger partial charge in [-0.3, -0.25) is 5.10 Å². The van der Waals surface area contributed by atoms with Crippen LogP contribution in [0.2, 0.25) is 0 Å². The Kier molecular flexibility index (Phi) is 5.61. The molecule has 10 heteroatoms. The third-order valence-electron chi connectivity index (χ3n) is 6.65. The minimum atomic E-state index is -4.36. The molecule has 0 saturated carbocycles. The third kappa shape index (κ3) is 3.95. The summed E-state index contributed by atoms with van der Waals surface area (Å²) < 4.78 is 39.0. The van der Waals surface area contributed by atoms with E-state index in [1.165, 1.54) is 29.7 Å². The first-order valence-corrected chi connectivity index (χ1v) is 11.6. The van der Waals surface area contributed by atoms with Gasteiger partial charge in [0.1, 0.15) is 18.2 Å². The number of rotatable bonds is 5. The summed E-state index contributed by atoms with van der Waals surface area (Å²) in [5.74, 6) is 1.81. The van der Waals surface area contributed by atoms with Gasteiger partial charge in [-0.2, -0.15) is 18.3 Å². The number of halogens is 3. The minimum absolute atomic E-state index is 0.198. The van der Waals surface area contributed by atoms with Gasteiger partial charge in [-0.1, -0.05) is 26.0 Å². The highest BCUT2D eigenvalue weighted by Crippen LogP contribution is 2.43. The second-order valence-electron chi connectivity index (χ2n) is 9.18. The first kappa shape index (κ1) is 22.5. The summed E-state index contributed by atoms with van der Waals surface area (Å²) in [5, 5.41) is 14.7. The predicted molar refractivity (Wildman–Crippen MR) is 125 cm³/mol. The first-order chi connectivity index (χ1) is 16.3. The molecule has 0 fully saturated rings. The standard InChI is InChI=1S/C24H28F3N7/c1-4-34-22(14-5-7-15(8-6-14)24(25,26)27)31-20-21(28-12-29-23(20)34)30-16-9-10-18-17(11-16)19(13(2)3)33-32-18/h5-8,12-13,16,22,31H,4,9-11H2,1-3H3,(H,32,33)(H,28,29,30). The van der Waals surface area contributed by atoms with E-state index < -0.39 is 11.7 Å². The summed E-state index contributed by atoms with van der Waals surface area (Å²) in [7, 11) is 0. The van der Waals surface area contributed by atoms with Crippen LogP contribution in [0, 0.1) is 0 Å². The van der Waals surface area contributed by atoms with E-state index in [2.05, 4.69) is 44.6 Å². The number of fused-ring (bicyclic) bond motifs is 2. The summed E-state index contributed by atoms with van der Waals surface area (Å²) in [4.78, 5) is 11.0. The van der Waals surface area contributed by atoms with Crippen molar-refractivity contribution in [2.24, 2.45) is 0 Å². The maximum Gasteiger partial charge on any atom is 0.416 e. The Balaban J connectivity index is 1.39. The number of anilines is 3. The smallest absolute Gasteiger partial charge is 0.365 e. The number of hydrogen-bond acceptors (Lipinski definition) is 6. The monoisotopic (exact) mass is 471 g/mol. The molecule has 2 atom stereocenters. The van der Waals surface area contributed by atoms with Gasteiger partial charge in [0.2, 0.25) is 0 Å². The summed E-state index contributed by atoms with van der Waals surface area (Å²) in [5.41, 5.74) is 4.47. The number of hydrogen-bond donors (Lipinski definition) is 3. The van der Waals surface area contributed by atoms with Crippen molar-refractivity contribution in [1.82, 2.24) is 20.2 Å². The van der Waals surface area contributed by atoms with Crippen LogP contribution < -0.4 is 15.5 Å². The predicted octanol–water partition coefficient (Wildman–Crippen LogP) is 5.26. The van der Waals surface area contributed by atoms with Crippen molar-refractivity contribution < 1.29 is 13.2 Å². The Morgan fingerprint density at radius 2 is 1.94 bits per heavy atom. The lowest BCUT2D eigenvalue weighted by Crippen LogP contribution is -2.28. The van der Waals surface area contributed by atoms with Crippen molar-refractivity contribution in [3.63, 3.8) is 0 Å². The van der Waals surface area contributed by atoms with E-state index in [1.807, 2.05) is 11.8 Å². The molecule has 2 unspecified atom stereocenters. The molecule has 34 heavy (non-hydrogen) atoms. The number of benzene rings is 1. The van der Waals surface area contributed by atoms with Crippen LogP contribution in [0.3, 0.4) is 0 Å². The molecular weight excluding hydrogens is 443 g/mol. The van der Waals surface area contributed by atoms with E-state index in [-0.39, 0.29) is 12.2 Å². The van der Waals surface area contributed by atoms with Crippen LogP contribution >= 0.6 is 0 Å². The van der Waals surface area contributed by atoms with Gasteiger partial charge in [-0.15, -0.1) is 0 Å². The maximum atomic E-state index is 13.0. The zero-order valence-corrected chi connectivity index (χ0v) is 19.4. The number of alkyl halides is 3. The number of nitrogens with zero attached hydrogens (tertiary/aromatic N) is 4. The first-order valence-electron chi connectivity index (χ1n) is 11.6. The molecule has 0 amide bonds. The van der Waals surface area contributed by atoms with Gasteiger partial charge < -0.3 is 15.5 Å². The Morgan fingerprint density at radius 3 is 2.62 bits per heavy atom. The fourth-order valence-corrected chi connectivity index (χ4v) is 4.94. The molecule has 2 aliphatic rings. The van der Waals surface area contributed by atoms with Gasteiger partial charge in [-0.05, 0) is 55.4 Å². The van der Waals surface area contributed by atoms with Crippen LogP contribution in [-0.2, 0) is 19.0 Å². The van der Waals surface area contributed by atoms with Gasteiger partial charge in [0.25, 0.3) is 0 Å². The van der Waals surface area contributed by atoms with E-state index in [1.54, 1.807) is 0 Å². The number of H-pyrrole nitrogens is 1. The van der Waals surface area contributed by atoms with Crippen molar-refractivity contribution in [3.8, 4) is 0 Å². The van der Waals surface area contributed by atoms with Crippen molar-refractivity contribution in [1.29, 1.82) is 0 Å². The Hall–Kier alpha value is -3.30. The molecule has 1 aromatic carbocycles.